The zero-order chi connectivity index (χ0) is 14.1. The second-order valence-electron chi connectivity index (χ2n) is 5.53. The van der Waals surface area contributed by atoms with Gasteiger partial charge in [0.05, 0.1) is 11.6 Å². The van der Waals surface area contributed by atoms with Crippen LogP contribution in [-0.4, -0.2) is 0 Å². The summed E-state index contributed by atoms with van der Waals surface area (Å²) in [7, 11) is 0. The fraction of sp³-hybridized carbons (Fsp3) is 0.538. The van der Waals surface area contributed by atoms with Gasteiger partial charge in [0, 0.05) is 0 Å². The maximum absolute atomic E-state index is 12.6. The van der Waals surface area contributed by atoms with Crippen molar-refractivity contribution >= 4 is 0 Å². The molecule has 18 heavy (non-hydrogen) atoms. The number of rotatable bonds is 2. The Labute approximate surface area is 105 Å². The van der Waals surface area contributed by atoms with Crippen LogP contribution in [0.1, 0.15) is 43.5 Å². The number of hydrogen-bond acceptors (Lipinski definition) is 2. The number of nitrogens with two attached hydrogens (primary N) is 1. The van der Waals surface area contributed by atoms with Crippen molar-refractivity contribution in [2.24, 2.45) is 11.3 Å². The molecule has 0 spiro atoms. The predicted octanol–water partition coefficient (Wildman–Crippen LogP) is 3.56. The van der Waals surface area contributed by atoms with Crippen LogP contribution in [0.3, 0.4) is 0 Å². The van der Waals surface area contributed by atoms with E-state index in [-0.39, 0.29) is 11.5 Å². The van der Waals surface area contributed by atoms with E-state index in [9.17, 15) is 13.2 Å². The third-order valence-electron chi connectivity index (χ3n) is 2.94. The fourth-order valence-electron chi connectivity index (χ4n) is 1.98. The number of alkyl halides is 3. The van der Waals surface area contributed by atoms with Gasteiger partial charge in [-0.25, -0.2) is 0 Å². The molecule has 0 aliphatic carbocycles. The zero-order valence-corrected chi connectivity index (χ0v) is 11.0. The Balaban J connectivity index is 3.21. The smallest absolute Gasteiger partial charge is 0.271 e. The lowest BCUT2D eigenvalue weighted by Crippen LogP contribution is -2.37. The molecule has 2 nitrogen and oxygen atoms in total. The van der Waals surface area contributed by atoms with Crippen LogP contribution in [0.2, 0.25) is 0 Å². The van der Waals surface area contributed by atoms with E-state index >= 15 is 0 Å². The first-order valence-electron chi connectivity index (χ1n) is 5.71. The standard InChI is InChI=1S/C13H19F3N2/c1-8-7-9(13(14,15)16)5-6-10(8)11(18-17)12(2,3)4/h5-7,11,18H,17H2,1-4H3. The van der Waals surface area contributed by atoms with Gasteiger partial charge in [0.15, 0.2) is 0 Å². The number of hydrazine groups is 1. The Morgan fingerprint density at radius 2 is 1.72 bits per heavy atom. The van der Waals surface area contributed by atoms with Gasteiger partial charge in [-0.2, -0.15) is 13.2 Å². The Bertz CT molecular complexity index is 419. The molecule has 0 heterocycles. The number of nitrogens with one attached hydrogen (secondary N) is 1. The maximum atomic E-state index is 12.6. The lowest BCUT2D eigenvalue weighted by atomic mass is 9.81. The van der Waals surface area contributed by atoms with E-state index in [2.05, 4.69) is 5.43 Å². The molecular weight excluding hydrogens is 241 g/mol. The molecule has 5 heteroatoms. The molecule has 1 unspecified atom stereocenters. The van der Waals surface area contributed by atoms with Crippen LogP contribution >= 0.6 is 0 Å². The van der Waals surface area contributed by atoms with E-state index in [1.54, 1.807) is 6.92 Å². The van der Waals surface area contributed by atoms with Gasteiger partial charge in [-0.3, -0.25) is 11.3 Å². The van der Waals surface area contributed by atoms with Crippen molar-refractivity contribution in [2.75, 3.05) is 0 Å². The fourth-order valence-corrected chi connectivity index (χ4v) is 1.98. The van der Waals surface area contributed by atoms with Gasteiger partial charge in [0.25, 0.3) is 0 Å². The molecule has 0 saturated heterocycles. The van der Waals surface area contributed by atoms with Crippen molar-refractivity contribution in [1.29, 1.82) is 0 Å². The topological polar surface area (TPSA) is 38.0 Å². The summed E-state index contributed by atoms with van der Waals surface area (Å²) in [6.07, 6.45) is -4.31. The molecular formula is C13H19F3N2. The molecule has 0 aliphatic rings. The van der Waals surface area contributed by atoms with Crippen molar-refractivity contribution in [2.45, 2.75) is 39.9 Å². The summed E-state index contributed by atoms with van der Waals surface area (Å²) < 4.78 is 37.7. The highest BCUT2D eigenvalue weighted by atomic mass is 19.4. The summed E-state index contributed by atoms with van der Waals surface area (Å²) in [6.45, 7) is 7.61. The maximum Gasteiger partial charge on any atom is 0.416 e. The second kappa shape index (κ2) is 4.90. The van der Waals surface area contributed by atoms with E-state index in [1.807, 2.05) is 20.8 Å². The van der Waals surface area contributed by atoms with E-state index in [0.29, 0.717) is 5.56 Å². The number of halogens is 3. The van der Waals surface area contributed by atoms with Gasteiger partial charge in [-0.15, -0.1) is 0 Å². The van der Waals surface area contributed by atoms with E-state index in [1.165, 1.54) is 6.07 Å². The summed E-state index contributed by atoms with van der Waals surface area (Å²) in [6, 6.07) is 3.55. The van der Waals surface area contributed by atoms with Crippen LogP contribution in [0, 0.1) is 12.3 Å². The molecule has 0 amide bonds. The Hall–Kier alpha value is -1.07. The molecule has 0 aliphatic heterocycles. The molecule has 1 rings (SSSR count). The minimum atomic E-state index is -4.31. The first kappa shape index (κ1) is 15.0. The van der Waals surface area contributed by atoms with Gasteiger partial charge in [-0.05, 0) is 35.6 Å². The van der Waals surface area contributed by atoms with Crippen LogP contribution in [0.15, 0.2) is 18.2 Å². The minimum Gasteiger partial charge on any atom is -0.271 e. The third kappa shape index (κ3) is 3.23. The first-order valence-corrected chi connectivity index (χ1v) is 5.71. The highest BCUT2D eigenvalue weighted by Gasteiger charge is 2.32. The van der Waals surface area contributed by atoms with E-state index in [4.69, 9.17) is 5.84 Å². The van der Waals surface area contributed by atoms with Gasteiger partial charge >= 0.3 is 6.18 Å². The average Bonchev–Trinajstić information content (AvgIpc) is 2.17. The molecule has 0 bridgehead atoms. The Morgan fingerprint density at radius 3 is 2.06 bits per heavy atom. The van der Waals surface area contributed by atoms with Crippen LogP contribution in [-0.2, 0) is 6.18 Å². The molecule has 0 saturated carbocycles. The minimum absolute atomic E-state index is 0.181. The summed E-state index contributed by atoms with van der Waals surface area (Å²) in [5, 5.41) is 0. The van der Waals surface area contributed by atoms with Crippen molar-refractivity contribution in [3.63, 3.8) is 0 Å². The second-order valence-corrected chi connectivity index (χ2v) is 5.53. The Kier molecular flexibility index (Phi) is 4.08. The highest BCUT2D eigenvalue weighted by molar-refractivity contribution is 5.35. The van der Waals surface area contributed by atoms with Gasteiger partial charge < -0.3 is 0 Å². The van der Waals surface area contributed by atoms with Crippen LogP contribution < -0.4 is 11.3 Å². The number of benzene rings is 1. The van der Waals surface area contributed by atoms with Crippen molar-refractivity contribution in [1.82, 2.24) is 5.43 Å². The Morgan fingerprint density at radius 1 is 1.17 bits per heavy atom. The lowest BCUT2D eigenvalue weighted by Gasteiger charge is -2.31. The highest BCUT2D eigenvalue weighted by Crippen LogP contribution is 2.36. The summed E-state index contributed by atoms with van der Waals surface area (Å²) in [5.74, 6) is 5.51. The quantitative estimate of drug-likeness (QED) is 0.630. The van der Waals surface area contributed by atoms with Crippen LogP contribution in [0.4, 0.5) is 13.2 Å². The molecule has 1 aromatic carbocycles. The molecule has 3 N–H and O–H groups in total. The van der Waals surface area contributed by atoms with E-state index in [0.717, 1.165) is 17.7 Å². The normalized spacial score (nSPS) is 14.7. The largest absolute Gasteiger partial charge is 0.416 e. The number of hydrogen-bond donors (Lipinski definition) is 2. The molecule has 1 aromatic rings. The van der Waals surface area contributed by atoms with Crippen molar-refractivity contribution in [3.8, 4) is 0 Å². The SMILES string of the molecule is Cc1cc(C(F)(F)F)ccc1C(NN)C(C)(C)C. The van der Waals surface area contributed by atoms with E-state index < -0.39 is 11.7 Å². The summed E-state index contributed by atoms with van der Waals surface area (Å²) in [4.78, 5) is 0. The van der Waals surface area contributed by atoms with Crippen LogP contribution in [0.25, 0.3) is 0 Å². The zero-order valence-electron chi connectivity index (χ0n) is 11.0. The summed E-state index contributed by atoms with van der Waals surface area (Å²) in [5.41, 5.74) is 3.24. The molecule has 0 fully saturated rings. The van der Waals surface area contributed by atoms with Crippen molar-refractivity contribution < 1.29 is 13.2 Å². The monoisotopic (exact) mass is 260 g/mol. The van der Waals surface area contributed by atoms with Gasteiger partial charge in [0.2, 0.25) is 0 Å². The van der Waals surface area contributed by atoms with Crippen molar-refractivity contribution in [3.05, 3.63) is 34.9 Å². The third-order valence-corrected chi connectivity index (χ3v) is 2.94. The first-order chi connectivity index (χ1) is 8.07. The molecule has 102 valence electrons. The number of aryl methyl sites for hydroxylation is 1. The van der Waals surface area contributed by atoms with Crippen LogP contribution in [0.5, 0.6) is 0 Å². The lowest BCUT2D eigenvalue weighted by molar-refractivity contribution is -0.137. The predicted molar refractivity (Wildman–Crippen MR) is 65.7 cm³/mol. The average molecular weight is 260 g/mol. The summed E-state index contributed by atoms with van der Waals surface area (Å²) >= 11 is 0. The van der Waals surface area contributed by atoms with Gasteiger partial charge in [0.1, 0.15) is 0 Å². The molecule has 0 aromatic heterocycles. The molecule has 0 radical (unpaired) electrons. The molecule has 1 atom stereocenters. The van der Waals surface area contributed by atoms with Gasteiger partial charge in [-0.1, -0.05) is 26.8 Å².